The highest BCUT2D eigenvalue weighted by molar-refractivity contribution is 5.50. The fourth-order valence-corrected chi connectivity index (χ4v) is 4.33. The van der Waals surface area contributed by atoms with Gasteiger partial charge in [0.2, 0.25) is 0 Å². The van der Waals surface area contributed by atoms with E-state index in [2.05, 4.69) is 0 Å². The van der Waals surface area contributed by atoms with Gasteiger partial charge in [-0.15, -0.1) is 0 Å². The molecule has 2 aromatic carbocycles. The van der Waals surface area contributed by atoms with Crippen LogP contribution in [0.5, 0.6) is 0 Å². The summed E-state index contributed by atoms with van der Waals surface area (Å²) in [6, 6.07) is 11.3. The molecule has 0 fully saturated rings. The van der Waals surface area contributed by atoms with Crippen LogP contribution in [0.4, 0.5) is 62.8 Å². The van der Waals surface area contributed by atoms with Gasteiger partial charge in [0, 0.05) is 24.7 Å². The number of halogens is 13. The molecule has 41 heavy (non-hydrogen) atoms. The van der Waals surface area contributed by atoms with Crippen LogP contribution in [-0.4, -0.2) is 54.0 Å². The van der Waals surface area contributed by atoms with Crippen LogP contribution in [0.2, 0.25) is 0 Å². The van der Waals surface area contributed by atoms with E-state index in [-0.39, 0.29) is 11.3 Å². The van der Waals surface area contributed by atoms with Crippen molar-refractivity contribution in [1.29, 1.82) is 0 Å². The number of rotatable bonds is 12. The molecule has 0 aliphatic carbocycles. The molecule has 0 amide bonds. The van der Waals surface area contributed by atoms with Gasteiger partial charge in [-0.05, 0) is 37.1 Å². The smallest absolute Gasteiger partial charge is 0.384 e. The second-order valence-corrected chi connectivity index (χ2v) is 9.46. The third-order valence-electron chi connectivity index (χ3n) is 6.98. The van der Waals surface area contributed by atoms with Crippen molar-refractivity contribution in [3.63, 3.8) is 0 Å². The van der Waals surface area contributed by atoms with Gasteiger partial charge in [-0.3, -0.25) is 0 Å². The molecule has 15 heteroatoms. The lowest BCUT2D eigenvalue weighted by atomic mass is 9.73. The predicted molar refractivity (Wildman–Crippen MR) is 124 cm³/mol. The third-order valence-corrected chi connectivity index (χ3v) is 6.98. The molecule has 0 saturated heterocycles. The molecular formula is C26H26F13NO. The zero-order valence-electron chi connectivity index (χ0n) is 21.7. The van der Waals surface area contributed by atoms with Crippen molar-refractivity contribution < 1.29 is 62.2 Å². The first-order valence-electron chi connectivity index (χ1n) is 12.0. The van der Waals surface area contributed by atoms with E-state index in [1.807, 2.05) is 0 Å². The quantitative estimate of drug-likeness (QED) is 0.242. The zero-order chi connectivity index (χ0) is 31.9. The molecule has 0 bridgehead atoms. The summed E-state index contributed by atoms with van der Waals surface area (Å²) in [5.41, 5.74) is -3.59. The van der Waals surface area contributed by atoms with Gasteiger partial charge in [0.15, 0.2) is 0 Å². The van der Waals surface area contributed by atoms with E-state index < -0.39 is 59.3 Å². The Kier molecular flexibility index (Phi) is 9.40. The molecule has 2 atom stereocenters. The maximum absolute atomic E-state index is 15.1. The molecule has 2 rings (SSSR count). The topological polar surface area (TPSA) is 23.5 Å². The average molecular weight is 615 g/mol. The lowest BCUT2D eigenvalue weighted by Gasteiger charge is -2.43. The first-order chi connectivity index (χ1) is 18.5. The summed E-state index contributed by atoms with van der Waals surface area (Å²) in [5, 5.41) is 11.5. The molecule has 0 radical (unpaired) electrons. The second-order valence-electron chi connectivity index (χ2n) is 9.46. The molecular weight excluding hydrogens is 589 g/mol. The van der Waals surface area contributed by atoms with E-state index in [1.54, 1.807) is 18.7 Å². The van der Waals surface area contributed by atoms with Gasteiger partial charge in [0.1, 0.15) is 5.60 Å². The van der Waals surface area contributed by atoms with Gasteiger partial charge in [-0.2, -0.15) is 57.1 Å². The molecule has 1 N–H and O–H groups in total. The molecule has 0 aliphatic heterocycles. The maximum Gasteiger partial charge on any atom is 0.460 e. The Bertz CT molecular complexity index is 1160. The monoisotopic (exact) mass is 615 g/mol. The number of alkyl halides is 13. The molecule has 2 aromatic rings. The molecule has 0 saturated carbocycles. The van der Waals surface area contributed by atoms with Crippen molar-refractivity contribution in [2.24, 2.45) is 0 Å². The first kappa shape index (κ1) is 34.5. The minimum Gasteiger partial charge on any atom is -0.384 e. The molecule has 0 heterocycles. The van der Waals surface area contributed by atoms with Crippen LogP contribution in [0.1, 0.15) is 44.2 Å². The molecule has 0 aromatic heterocycles. The van der Waals surface area contributed by atoms with Crippen LogP contribution in [0.25, 0.3) is 0 Å². The Morgan fingerprint density at radius 2 is 1.15 bits per heavy atom. The Hall–Kier alpha value is -2.71. The van der Waals surface area contributed by atoms with Crippen LogP contribution in [-0.2, 0) is 5.60 Å². The average Bonchev–Trinajstić information content (AvgIpc) is 2.88. The zero-order valence-corrected chi connectivity index (χ0v) is 21.7. The molecule has 0 spiro atoms. The summed E-state index contributed by atoms with van der Waals surface area (Å²) < 4.78 is 179. The van der Waals surface area contributed by atoms with E-state index >= 15 is 8.78 Å². The highest BCUT2D eigenvalue weighted by Gasteiger charge is 2.90. The van der Waals surface area contributed by atoms with Gasteiger partial charge < -0.3 is 10.0 Å². The van der Waals surface area contributed by atoms with Gasteiger partial charge in [0.05, 0.1) is 6.42 Å². The van der Waals surface area contributed by atoms with Crippen LogP contribution in [0, 0.1) is 0 Å². The van der Waals surface area contributed by atoms with E-state index in [0.717, 1.165) is 19.1 Å². The number of aliphatic hydroxyl groups is 1. The van der Waals surface area contributed by atoms with Crippen molar-refractivity contribution in [3.8, 4) is 0 Å². The van der Waals surface area contributed by atoms with Crippen molar-refractivity contribution in [3.05, 3.63) is 65.7 Å². The lowest BCUT2D eigenvalue weighted by Crippen LogP contribution is -2.70. The van der Waals surface area contributed by atoms with Gasteiger partial charge in [-0.25, -0.2) is 0 Å². The standard InChI is InChI=1S/C26H26F13NO/c1-4-40(5-2)19-13-9-12-18(14-19)20(41,16(3)17-10-7-6-8-11-17)15-21(27,28)22(29,30)23(31,32)24(33,34)25(35,36)26(37,38)39/h6-14,16,41H,4-5,15H2,1-3H3. The number of hydrogen-bond donors (Lipinski definition) is 1. The molecule has 2 unspecified atom stereocenters. The van der Waals surface area contributed by atoms with Crippen LogP contribution >= 0.6 is 0 Å². The second kappa shape index (κ2) is 11.2. The van der Waals surface area contributed by atoms with Crippen molar-refractivity contribution in [2.75, 3.05) is 18.0 Å². The minimum absolute atomic E-state index is 0.0111. The molecule has 232 valence electrons. The van der Waals surface area contributed by atoms with Crippen molar-refractivity contribution in [1.82, 2.24) is 0 Å². The highest BCUT2D eigenvalue weighted by atomic mass is 19.4. The predicted octanol–water partition coefficient (Wildman–Crippen LogP) is 8.65. The molecule has 2 nitrogen and oxygen atoms in total. The van der Waals surface area contributed by atoms with E-state index in [0.29, 0.717) is 13.1 Å². The summed E-state index contributed by atoms with van der Waals surface area (Å²) in [6.07, 6.45) is -10.3. The Labute approximate surface area is 226 Å². The number of benzene rings is 2. The van der Waals surface area contributed by atoms with Crippen molar-refractivity contribution >= 4 is 5.69 Å². The number of anilines is 1. The molecule has 0 aliphatic rings. The summed E-state index contributed by atoms with van der Waals surface area (Å²) in [7, 11) is 0. The summed E-state index contributed by atoms with van der Waals surface area (Å²) in [4.78, 5) is 1.62. The SMILES string of the molecule is CCN(CC)c1cccc(C(O)(CC(F)(F)C(F)(F)C(F)(F)C(F)(F)C(F)(F)C(F)(F)F)C(C)c2ccccc2)c1. The van der Waals surface area contributed by atoms with E-state index in [4.69, 9.17) is 0 Å². The Morgan fingerprint density at radius 3 is 1.61 bits per heavy atom. The largest absolute Gasteiger partial charge is 0.460 e. The van der Waals surface area contributed by atoms with Gasteiger partial charge in [-0.1, -0.05) is 49.4 Å². The fraction of sp³-hybridized carbons (Fsp3) is 0.538. The number of nitrogens with zero attached hydrogens (tertiary/aromatic N) is 1. The Morgan fingerprint density at radius 1 is 0.659 bits per heavy atom. The van der Waals surface area contributed by atoms with Gasteiger partial charge in [0.25, 0.3) is 0 Å². The first-order valence-corrected chi connectivity index (χ1v) is 12.0. The normalized spacial score (nSPS) is 16.3. The van der Waals surface area contributed by atoms with Crippen LogP contribution < -0.4 is 4.90 Å². The lowest BCUT2D eigenvalue weighted by molar-refractivity contribution is -0.441. The minimum atomic E-state index is -8.02. The van der Waals surface area contributed by atoms with Crippen LogP contribution in [0.15, 0.2) is 54.6 Å². The van der Waals surface area contributed by atoms with Gasteiger partial charge >= 0.3 is 35.8 Å². The highest BCUT2D eigenvalue weighted by Crippen LogP contribution is 2.62. The van der Waals surface area contributed by atoms with E-state index in [1.165, 1.54) is 42.5 Å². The maximum atomic E-state index is 15.1. The summed E-state index contributed by atoms with van der Waals surface area (Å²) in [6.45, 7) is 5.05. The van der Waals surface area contributed by atoms with Crippen molar-refractivity contribution in [2.45, 2.75) is 74.5 Å². The fourth-order valence-electron chi connectivity index (χ4n) is 4.33. The number of hydrogen-bond acceptors (Lipinski definition) is 2. The van der Waals surface area contributed by atoms with Crippen LogP contribution in [0.3, 0.4) is 0 Å². The summed E-state index contributed by atoms with van der Waals surface area (Å²) >= 11 is 0. The Balaban J connectivity index is 2.75. The third kappa shape index (κ3) is 5.70. The summed E-state index contributed by atoms with van der Waals surface area (Å²) in [5.74, 6) is -39.4. The van der Waals surface area contributed by atoms with E-state index in [9.17, 15) is 53.4 Å².